The summed E-state index contributed by atoms with van der Waals surface area (Å²) in [7, 11) is 0. The molecule has 138 valence electrons. The molecule has 2 heterocycles. The van der Waals surface area contributed by atoms with Gasteiger partial charge in [-0.1, -0.05) is 29.8 Å². The number of aromatic nitrogens is 2. The molecular weight excluding hydrogens is 364 g/mol. The molecule has 1 aliphatic rings. The van der Waals surface area contributed by atoms with Crippen molar-refractivity contribution >= 4 is 46.1 Å². The van der Waals surface area contributed by atoms with E-state index in [1.54, 1.807) is 23.1 Å². The minimum atomic E-state index is -0.429. The van der Waals surface area contributed by atoms with Crippen LogP contribution in [0, 0.1) is 5.92 Å². The lowest BCUT2D eigenvalue weighted by atomic mass is 10.1. The fraction of sp³-hybridized carbons (Fsp3) is 0.250. The number of hydrogen-bond donors (Lipinski definition) is 1. The number of hydrogen-bond acceptors (Lipinski definition) is 3. The fourth-order valence-corrected chi connectivity index (χ4v) is 3.66. The van der Waals surface area contributed by atoms with E-state index in [2.05, 4.69) is 10.3 Å². The van der Waals surface area contributed by atoms with E-state index in [0.717, 1.165) is 11.0 Å². The summed E-state index contributed by atoms with van der Waals surface area (Å²) in [4.78, 5) is 31.3. The standard InChI is InChI=1S/C20H19ClN4O2/c1-2-24-17-9-4-3-8-16(17)22-20(24)23-19(27)13-10-18(26)25(12-13)15-7-5-6-14(21)11-15/h3-9,11,13H,2,10,12H2,1H3,(H,22,23,27). The molecule has 7 heteroatoms. The highest BCUT2D eigenvalue weighted by atomic mass is 35.5. The maximum atomic E-state index is 12.8. The number of benzene rings is 2. The second-order valence-corrected chi connectivity index (χ2v) is 6.98. The van der Waals surface area contributed by atoms with Crippen LogP contribution >= 0.6 is 11.6 Å². The van der Waals surface area contributed by atoms with Crippen molar-refractivity contribution in [3.63, 3.8) is 0 Å². The van der Waals surface area contributed by atoms with Gasteiger partial charge in [-0.05, 0) is 37.3 Å². The highest BCUT2D eigenvalue weighted by Crippen LogP contribution is 2.28. The van der Waals surface area contributed by atoms with Crippen LogP contribution in [-0.4, -0.2) is 27.9 Å². The number of nitrogens with zero attached hydrogens (tertiary/aromatic N) is 3. The molecule has 2 aromatic carbocycles. The Morgan fingerprint density at radius 2 is 2.07 bits per heavy atom. The van der Waals surface area contributed by atoms with Gasteiger partial charge in [0, 0.05) is 30.2 Å². The molecule has 1 aliphatic heterocycles. The van der Waals surface area contributed by atoms with E-state index in [1.807, 2.05) is 41.8 Å². The zero-order valence-electron chi connectivity index (χ0n) is 14.9. The van der Waals surface area contributed by atoms with Crippen LogP contribution in [0.3, 0.4) is 0 Å². The number of anilines is 2. The number of nitrogens with one attached hydrogen (secondary N) is 1. The Hall–Kier alpha value is -2.86. The Labute approximate surface area is 161 Å². The van der Waals surface area contributed by atoms with Crippen molar-refractivity contribution < 1.29 is 9.59 Å². The van der Waals surface area contributed by atoms with Crippen LogP contribution in [0.25, 0.3) is 11.0 Å². The van der Waals surface area contributed by atoms with Gasteiger partial charge in [0.05, 0.1) is 17.0 Å². The first-order valence-electron chi connectivity index (χ1n) is 8.89. The number of halogens is 1. The van der Waals surface area contributed by atoms with Gasteiger partial charge in [-0.25, -0.2) is 4.98 Å². The number of imidazole rings is 1. The molecular formula is C20H19ClN4O2. The third-order valence-corrected chi connectivity index (χ3v) is 5.06. The Morgan fingerprint density at radius 3 is 2.85 bits per heavy atom. The largest absolute Gasteiger partial charge is 0.312 e. The number of para-hydroxylation sites is 2. The maximum absolute atomic E-state index is 12.8. The highest BCUT2D eigenvalue weighted by Gasteiger charge is 2.35. The second kappa shape index (κ2) is 7.04. The summed E-state index contributed by atoms with van der Waals surface area (Å²) >= 11 is 6.02. The molecule has 2 amide bonds. The minimum Gasteiger partial charge on any atom is -0.312 e. The molecule has 4 rings (SSSR count). The second-order valence-electron chi connectivity index (χ2n) is 6.54. The summed E-state index contributed by atoms with van der Waals surface area (Å²) in [5.41, 5.74) is 2.51. The SMILES string of the molecule is CCn1c(NC(=O)C2CC(=O)N(c3cccc(Cl)c3)C2)nc2ccccc21. The molecule has 1 unspecified atom stereocenters. The average Bonchev–Trinajstić information content (AvgIpc) is 3.21. The van der Waals surface area contributed by atoms with Crippen LogP contribution in [-0.2, 0) is 16.1 Å². The maximum Gasteiger partial charge on any atom is 0.232 e. The van der Waals surface area contributed by atoms with Gasteiger partial charge in [-0.15, -0.1) is 0 Å². The van der Waals surface area contributed by atoms with Crippen LogP contribution in [0.2, 0.25) is 5.02 Å². The lowest BCUT2D eigenvalue weighted by Crippen LogP contribution is -2.28. The van der Waals surface area contributed by atoms with Crippen LogP contribution in [0.15, 0.2) is 48.5 Å². The molecule has 0 radical (unpaired) electrons. The number of carbonyl (C=O) groups excluding carboxylic acids is 2. The highest BCUT2D eigenvalue weighted by molar-refractivity contribution is 6.31. The monoisotopic (exact) mass is 382 g/mol. The van der Waals surface area contributed by atoms with Crippen molar-refractivity contribution in [2.75, 3.05) is 16.8 Å². The van der Waals surface area contributed by atoms with Gasteiger partial charge < -0.3 is 9.47 Å². The summed E-state index contributed by atoms with van der Waals surface area (Å²) in [6, 6.07) is 14.8. The van der Waals surface area contributed by atoms with Crippen LogP contribution in [0.4, 0.5) is 11.6 Å². The van der Waals surface area contributed by atoms with Crippen LogP contribution in [0.5, 0.6) is 0 Å². The predicted octanol–water partition coefficient (Wildman–Crippen LogP) is 3.70. The van der Waals surface area contributed by atoms with E-state index in [-0.39, 0.29) is 18.2 Å². The van der Waals surface area contributed by atoms with E-state index in [4.69, 9.17) is 11.6 Å². The molecule has 3 aromatic rings. The predicted molar refractivity (Wildman–Crippen MR) is 106 cm³/mol. The Balaban J connectivity index is 1.53. The summed E-state index contributed by atoms with van der Waals surface area (Å²) in [5, 5.41) is 3.46. The van der Waals surface area contributed by atoms with Crippen LogP contribution < -0.4 is 10.2 Å². The van der Waals surface area contributed by atoms with Gasteiger partial charge in [-0.3, -0.25) is 14.9 Å². The summed E-state index contributed by atoms with van der Waals surface area (Å²) in [6.07, 6.45) is 0.171. The number of rotatable bonds is 4. The van der Waals surface area contributed by atoms with Crippen molar-refractivity contribution in [1.82, 2.24) is 9.55 Å². The zero-order chi connectivity index (χ0) is 19.0. The van der Waals surface area contributed by atoms with Gasteiger partial charge in [0.25, 0.3) is 0 Å². The summed E-state index contributed by atoms with van der Waals surface area (Å²) in [6.45, 7) is 3.02. The molecule has 0 spiro atoms. The van der Waals surface area contributed by atoms with Crippen molar-refractivity contribution in [3.8, 4) is 0 Å². The third kappa shape index (κ3) is 3.28. The minimum absolute atomic E-state index is 0.0820. The van der Waals surface area contributed by atoms with Gasteiger partial charge in [0.1, 0.15) is 0 Å². The van der Waals surface area contributed by atoms with Crippen molar-refractivity contribution in [1.29, 1.82) is 0 Å². The first-order valence-corrected chi connectivity index (χ1v) is 9.26. The molecule has 0 saturated carbocycles. The van der Waals surface area contributed by atoms with E-state index >= 15 is 0 Å². The molecule has 1 N–H and O–H groups in total. The number of aryl methyl sites for hydroxylation is 1. The quantitative estimate of drug-likeness (QED) is 0.748. The molecule has 1 fully saturated rings. The molecule has 1 atom stereocenters. The van der Waals surface area contributed by atoms with Crippen molar-refractivity contribution in [2.24, 2.45) is 5.92 Å². The molecule has 0 bridgehead atoms. The molecule has 1 aromatic heterocycles. The van der Waals surface area contributed by atoms with Crippen LogP contribution in [0.1, 0.15) is 13.3 Å². The molecule has 27 heavy (non-hydrogen) atoms. The third-order valence-electron chi connectivity index (χ3n) is 4.82. The van der Waals surface area contributed by atoms with Crippen molar-refractivity contribution in [3.05, 3.63) is 53.6 Å². The summed E-state index contributed by atoms with van der Waals surface area (Å²) in [5.74, 6) is -0.196. The van der Waals surface area contributed by atoms with E-state index in [0.29, 0.717) is 29.7 Å². The lowest BCUT2D eigenvalue weighted by Gasteiger charge is -2.17. The Bertz CT molecular complexity index is 1030. The average molecular weight is 383 g/mol. The van der Waals surface area contributed by atoms with Gasteiger partial charge >= 0.3 is 0 Å². The first-order chi connectivity index (χ1) is 13.1. The first kappa shape index (κ1) is 17.5. The zero-order valence-corrected chi connectivity index (χ0v) is 15.6. The Morgan fingerprint density at radius 1 is 1.26 bits per heavy atom. The fourth-order valence-electron chi connectivity index (χ4n) is 3.48. The number of amides is 2. The topological polar surface area (TPSA) is 67.2 Å². The van der Waals surface area contributed by atoms with E-state index in [1.165, 1.54) is 0 Å². The van der Waals surface area contributed by atoms with Gasteiger partial charge in [0.15, 0.2) is 0 Å². The van der Waals surface area contributed by atoms with E-state index in [9.17, 15) is 9.59 Å². The lowest BCUT2D eigenvalue weighted by molar-refractivity contribution is -0.122. The number of carbonyl (C=O) groups is 2. The molecule has 6 nitrogen and oxygen atoms in total. The van der Waals surface area contributed by atoms with Gasteiger partial charge in [0.2, 0.25) is 17.8 Å². The smallest absolute Gasteiger partial charge is 0.232 e. The van der Waals surface area contributed by atoms with E-state index < -0.39 is 5.92 Å². The molecule has 0 aliphatic carbocycles. The van der Waals surface area contributed by atoms with Crippen molar-refractivity contribution in [2.45, 2.75) is 19.9 Å². The normalized spacial score (nSPS) is 16.9. The summed E-state index contributed by atoms with van der Waals surface area (Å²) < 4.78 is 1.96. The molecule has 1 saturated heterocycles. The number of fused-ring (bicyclic) bond motifs is 1. The Kier molecular flexibility index (Phi) is 4.58. The van der Waals surface area contributed by atoms with Gasteiger partial charge in [-0.2, -0.15) is 0 Å².